The lowest BCUT2D eigenvalue weighted by Crippen LogP contribution is -1.96. The van der Waals surface area contributed by atoms with Crippen LogP contribution in [0.1, 0.15) is 0 Å². The minimum absolute atomic E-state index is 0.668. The van der Waals surface area contributed by atoms with Crippen molar-refractivity contribution in [1.82, 2.24) is 29.9 Å². The van der Waals surface area contributed by atoms with Gasteiger partial charge >= 0.3 is 0 Å². The van der Waals surface area contributed by atoms with E-state index in [1.54, 1.807) is 0 Å². The number of aromatic nitrogens is 6. The first-order valence-electron chi connectivity index (χ1n) is 40.4. The molecule has 0 saturated heterocycles. The van der Waals surface area contributed by atoms with Gasteiger partial charge in [0, 0.05) is 66.1 Å². The molecule has 0 atom stereocenters. The number of furan rings is 2. The largest absolute Gasteiger partial charge is 0.455 e. The lowest BCUT2D eigenvalue weighted by atomic mass is 9.96. The van der Waals surface area contributed by atoms with Crippen molar-refractivity contribution in [3.8, 4) is 146 Å². The third-order valence-electron chi connectivity index (χ3n) is 23.0. The summed E-state index contributed by atoms with van der Waals surface area (Å²) in [6.07, 6.45) is 0. The molecule has 0 saturated carbocycles. The van der Waals surface area contributed by atoms with Crippen LogP contribution in [-0.4, -0.2) is 29.9 Å². The Morgan fingerprint density at radius 2 is 0.425 bits per heavy atom. The van der Waals surface area contributed by atoms with Gasteiger partial charge in [-0.2, -0.15) is 0 Å². The number of hydrogen-bond acceptors (Lipinski definition) is 8. The van der Waals surface area contributed by atoms with E-state index in [9.17, 15) is 0 Å². The first kappa shape index (κ1) is 70.5. The first-order valence-corrected chi connectivity index (χ1v) is 40.4. The van der Waals surface area contributed by atoms with E-state index in [0.717, 1.165) is 178 Å². The molecule has 120 heavy (non-hydrogen) atoms. The summed E-state index contributed by atoms with van der Waals surface area (Å²) in [6.45, 7) is 0. The van der Waals surface area contributed by atoms with Crippen LogP contribution in [0.2, 0.25) is 0 Å². The van der Waals surface area contributed by atoms with Crippen LogP contribution in [0, 0.1) is 0 Å². The summed E-state index contributed by atoms with van der Waals surface area (Å²) >= 11 is 0. The minimum atomic E-state index is 0.668. The Kier molecular flexibility index (Phi) is 17.8. The van der Waals surface area contributed by atoms with Crippen LogP contribution in [0.15, 0.2) is 433 Å². The van der Waals surface area contributed by atoms with Crippen molar-refractivity contribution < 1.29 is 8.83 Å². The van der Waals surface area contributed by atoms with Gasteiger partial charge in [0.15, 0.2) is 11.6 Å². The molecule has 0 aliphatic rings. The highest BCUT2D eigenvalue weighted by Crippen LogP contribution is 2.46. The van der Waals surface area contributed by atoms with E-state index in [1.165, 1.54) is 43.8 Å². The summed E-state index contributed by atoms with van der Waals surface area (Å²) in [7, 11) is 0. The van der Waals surface area contributed by atoms with Crippen LogP contribution < -0.4 is 0 Å². The standard InChI is InChI=1S/C59H37N3O.C53H33N3O/c1-3-12-38(13-4-1)40-22-28-44(29-23-40)53-37-54(45-30-24-41(25-31-45)39-14-5-2-6-15-39)62-59(61-53)46-32-26-42(27-33-46)47-34-35-52-51(36-47)58-56(50-19-9-10-21-55(50)63-58)57(60-52)49-20-11-17-43-16-7-8-18-48(43)49;1-3-12-34(13-4-1)35-22-26-39(27-23-35)48-33-47(38-15-5-2-6-16-38)55-53(56-48)40-28-24-36(25-29-40)41-30-31-46-45(32-41)52-50(44-19-9-10-21-49(44)57-52)51(54-46)43-20-11-17-37-14-7-8-18-42(37)43/h1-37H;1-33H. The molecule has 0 unspecified atom stereocenters. The third kappa shape index (κ3) is 13.2. The molecule has 0 amide bonds. The molecular formula is C112H70N6O2. The monoisotopic (exact) mass is 1530 g/mol. The van der Waals surface area contributed by atoms with Crippen LogP contribution in [0.25, 0.3) is 233 Å². The number of rotatable bonds is 13. The molecule has 0 fully saturated rings. The lowest BCUT2D eigenvalue weighted by molar-refractivity contribution is 0.672. The van der Waals surface area contributed by atoms with Crippen molar-refractivity contribution in [3.05, 3.63) is 425 Å². The van der Waals surface area contributed by atoms with Crippen LogP contribution >= 0.6 is 0 Å². The van der Waals surface area contributed by atoms with E-state index in [2.05, 4.69) is 364 Å². The SMILES string of the molecule is c1ccc(-c2ccc(-c3cc(-c4ccc(-c5ccccc5)cc4)nc(-c4ccc(-c5ccc6nc(-c7cccc8ccccc78)c7c8ccccc8oc7c6c5)cc4)n3)cc2)cc1.c1ccc(-c2ccc(-c3cc(-c4ccccc4)nc(-c4ccc(-c5ccc6nc(-c7cccc8ccccc78)c7c8ccccc8oc7c6c5)cc4)n3)cc2)cc1. The predicted molar refractivity (Wildman–Crippen MR) is 495 cm³/mol. The van der Waals surface area contributed by atoms with Crippen molar-refractivity contribution >= 4 is 87.2 Å². The zero-order valence-corrected chi connectivity index (χ0v) is 64.9. The van der Waals surface area contributed by atoms with Gasteiger partial charge in [-0.25, -0.2) is 29.9 Å². The Balaban J connectivity index is 0.000000145. The van der Waals surface area contributed by atoms with Crippen LogP contribution in [0.5, 0.6) is 0 Å². The smallest absolute Gasteiger partial charge is 0.160 e. The minimum Gasteiger partial charge on any atom is -0.455 e. The van der Waals surface area contributed by atoms with Gasteiger partial charge in [-0.05, 0) is 126 Å². The summed E-state index contributed by atoms with van der Waals surface area (Å²) < 4.78 is 13.4. The molecule has 8 nitrogen and oxygen atoms in total. The number of para-hydroxylation sites is 2. The predicted octanol–water partition coefficient (Wildman–Crippen LogP) is 29.8. The van der Waals surface area contributed by atoms with Gasteiger partial charge in [-0.15, -0.1) is 0 Å². The molecular weight excluding hydrogens is 1460 g/mol. The van der Waals surface area contributed by atoms with Gasteiger partial charge in [-0.1, -0.05) is 376 Å². The van der Waals surface area contributed by atoms with Crippen molar-refractivity contribution in [1.29, 1.82) is 0 Å². The molecule has 17 aromatic carbocycles. The Hall–Kier alpha value is -16.2. The first-order chi connectivity index (χ1) is 59.4. The number of benzene rings is 17. The molecule has 23 aromatic rings. The Labute approximate surface area is 692 Å². The number of fused-ring (bicyclic) bond motifs is 12. The van der Waals surface area contributed by atoms with Gasteiger partial charge in [0.05, 0.1) is 56.0 Å². The second-order valence-corrected chi connectivity index (χ2v) is 30.3. The third-order valence-corrected chi connectivity index (χ3v) is 23.0. The fourth-order valence-corrected chi connectivity index (χ4v) is 16.9. The molecule has 560 valence electrons. The molecule has 0 aliphatic carbocycles. The molecule has 8 heteroatoms. The molecule has 0 N–H and O–H groups in total. The molecule has 0 spiro atoms. The highest BCUT2D eigenvalue weighted by molar-refractivity contribution is 6.23. The lowest BCUT2D eigenvalue weighted by Gasteiger charge is -2.12. The fraction of sp³-hybridized carbons (Fsp3) is 0. The normalized spacial score (nSPS) is 11.5. The van der Waals surface area contributed by atoms with E-state index in [0.29, 0.717) is 11.6 Å². The maximum Gasteiger partial charge on any atom is 0.160 e. The summed E-state index contributed by atoms with van der Waals surface area (Å²) in [6, 6.07) is 148. The molecule has 0 radical (unpaired) electrons. The van der Waals surface area contributed by atoms with Crippen molar-refractivity contribution in [2.24, 2.45) is 0 Å². The second kappa shape index (κ2) is 30.2. The highest BCUT2D eigenvalue weighted by Gasteiger charge is 2.24. The molecule has 0 aliphatic heterocycles. The summed E-state index contributed by atoms with van der Waals surface area (Å²) in [5, 5.41) is 10.8. The van der Waals surface area contributed by atoms with E-state index in [1.807, 2.05) is 60.7 Å². The topological polar surface area (TPSA) is 104 Å². The van der Waals surface area contributed by atoms with Gasteiger partial charge in [-0.3, -0.25) is 0 Å². The maximum absolute atomic E-state index is 6.70. The van der Waals surface area contributed by atoms with Crippen LogP contribution in [-0.2, 0) is 0 Å². The van der Waals surface area contributed by atoms with E-state index < -0.39 is 0 Å². The molecule has 0 bridgehead atoms. The molecule has 6 aromatic heterocycles. The van der Waals surface area contributed by atoms with Gasteiger partial charge in [0.25, 0.3) is 0 Å². The summed E-state index contributed by atoms with van der Waals surface area (Å²) in [5.74, 6) is 1.35. The highest BCUT2D eigenvalue weighted by atomic mass is 16.3. The summed E-state index contributed by atoms with van der Waals surface area (Å²) in [5.41, 5.74) is 30.1. The zero-order chi connectivity index (χ0) is 79.4. The van der Waals surface area contributed by atoms with Crippen LogP contribution in [0.3, 0.4) is 0 Å². The van der Waals surface area contributed by atoms with Crippen molar-refractivity contribution in [2.45, 2.75) is 0 Å². The maximum atomic E-state index is 6.70. The average molecular weight is 1530 g/mol. The number of nitrogens with zero attached hydrogens (tertiary/aromatic N) is 6. The van der Waals surface area contributed by atoms with E-state index >= 15 is 0 Å². The molecule has 23 rings (SSSR count). The van der Waals surface area contributed by atoms with Crippen molar-refractivity contribution in [2.75, 3.05) is 0 Å². The zero-order valence-electron chi connectivity index (χ0n) is 64.9. The molecule has 6 heterocycles. The fourth-order valence-electron chi connectivity index (χ4n) is 16.9. The quantitative estimate of drug-likeness (QED) is 0.112. The van der Waals surface area contributed by atoms with E-state index in [-0.39, 0.29) is 0 Å². The number of pyridine rings is 2. The number of hydrogen-bond donors (Lipinski definition) is 0. The van der Waals surface area contributed by atoms with E-state index in [4.69, 9.17) is 38.7 Å². The second-order valence-electron chi connectivity index (χ2n) is 30.3. The van der Waals surface area contributed by atoms with Gasteiger partial charge in [0.1, 0.15) is 22.3 Å². The van der Waals surface area contributed by atoms with Crippen LogP contribution in [0.4, 0.5) is 0 Å². The Bertz CT molecular complexity index is 7720. The Morgan fingerprint density at radius 3 is 0.783 bits per heavy atom. The average Bonchev–Trinajstić information content (AvgIpc) is 1.55. The Morgan fingerprint density at radius 1 is 0.167 bits per heavy atom. The van der Waals surface area contributed by atoms with Gasteiger partial charge in [0.2, 0.25) is 0 Å². The summed E-state index contributed by atoms with van der Waals surface area (Å²) in [4.78, 5) is 31.3. The van der Waals surface area contributed by atoms with Crippen molar-refractivity contribution in [3.63, 3.8) is 0 Å². The van der Waals surface area contributed by atoms with Gasteiger partial charge < -0.3 is 8.83 Å².